The molecule has 1 atom stereocenters. The van der Waals surface area contributed by atoms with Crippen LogP contribution in [0.5, 0.6) is 5.75 Å². The fourth-order valence-corrected chi connectivity index (χ4v) is 4.60. The molecule has 1 saturated heterocycles. The molecule has 2 aliphatic heterocycles. The van der Waals surface area contributed by atoms with Gasteiger partial charge in [-0.3, -0.25) is 0 Å². The first-order chi connectivity index (χ1) is 9.86. The fourth-order valence-electron chi connectivity index (χ4n) is 2.63. The average Bonchev–Trinajstić information content (AvgIpc) is 2.83. The van der Waals surface area contributed by atoms with Gasteiger partial charge in [-0.05, 0) is 36.6 Å². The van der Waals surface area contributed by atoms with Crippen molar-refractivity contribution in [1.29, 1.82) is 0 Å². The van der Waals surface area contributed by atoms with Crippen LogP contribution in [0.2, 0.25) is 0 Å². The second kappa shape index (κ2) is 5.21. The number of ether oxygens (including phenoxy) is 1. The first kappa shape index (κ1) is 14.7. The lowest BCUT2D eigenvalue weighted by Gasteiger charge is -2.36. The van der Waals surface area contributed by atoms with E-state index in [0.717, 1.165) is 42.8 Å². The molecule has 0 amide bonds. The minimum Gasteiger partial charge on any atom is -0.493 e. The van der Waals surface area contributed by atoms with Gasteiger partial charge in [-0.1, -0.05) is 17.8 Å². The molecule has 0 aromatic heterocycles. The summed E-state index contributed by atoms with van der Waals surface area (Å²) in [6.45, 7) is 2.82. The highest BCUT2D eigenvalue weighted by Gasteiger charge is 2.33. The topological polar surface area (TPSA) is 67.8 Å². The minimum atomic E-state index is -3.38. The lowest BCUT2D eigenvalue weighted by molar-refractivity contribution is 0.356. The van der Waals surface area contributed by atoms with Crippen LogP contribution in [-0.4, -0.2) is 32.2 Å². The van der Waals surface area contributed by atoms with Crippen LogP contribution in [-0.2, 0) is 22.0 Å². The molecule has 0 radical (unpaired) electrons. The molecule has 0 saturated carbocycles. The number of sulfonamides is 1. The zero-order valence-corrected chi connectivity index (χ0v) is 13.7. The van der Waals surface area contributed by atoms with Crippen LogP contribution in [0.3, 0.4) is 0 Å². The van der Waals surface area contributed by atoms with Crippen LogP contribution >= 0.6 is 11.8 Å². The smallest absolute Gasteiger partial charge is 0.252 e. The average molecular weight is 326 g/mol. The maximum absolute atomic E-state index is 11.3. The van der Waals surface area contributed by atoms with Gasteiger partial charge in [0.15, 0.2) is 5.17 Å². The van der Waals surface area contributed by atoms with Gasteiger partial charge in [0.05, 0.1) is 18.4 Å². The molecule has 2 heterocycles. The lowest BCUT2D eigenvalue weighted by atomic mass is 9.88. The summed E-state index contributed by atoms with van der Waals surface area (Å²) in [5, 5.41) is 3.76. The highest BCUT2D eigenvalue weighted by atomic mass is 32.2. The van der Waals surface area contributed by atoms with Gasteiger partial charge < -0.3 is 10.1 Å². The largest absolute Gasteiger partial charge is 0.493 e. The molecular formula is C14H18N2O3S2. The van der Waals surface area contributed by atoms with Crippen molar-refractivity contribution in [2.45, 2.75) is 25.3 Å². The van der Waals surface area contributed by atoms with Crippen LogP contribution in [0.25, 0.3) is 0 Å². The van der Waals surface area contributed by atoms with Crippen LogP contribution in [0, 0.1) is 0 Å². The first-order valence-electron chi connectivity index (χ1n) is 6.83. The summed E-state index contributed by atoms with van der Waals surface area (Å²) in [6.07, 6.45) is 2.96. The van der Waals surface area contributed by atoms with Crippen molar-refractivity contribution >= 4 is 27.0 Å². The Morgan fingerprint density at radius 1 is 1.43 bits per heavy atom. The van der Waals surface area contributed by atoms with E-state index in [9.17, 15) is 8.42 Å². The van der Waals surface area contributed by atoms with Crippen LogP contribution < -0.4 is 10.1 Å². The van der Waals surface area contributed by atoms with Gasteiger partial charge in [0.2, 0.25) is 0 Å². The van der Waals surface area contributed by atoms with Gasteiger partial charge >= 0.3 is 0 Å². The third-order valence-corrected chi connectivity index (χ3v) is 5.30. The molecule has 1 aromatic carbocycles. The number of fused-ring (bicyclic) bond motifs is 1. The standard InChI is InChI=1S/C14H18N2O3S2/c1-14(6-8-20-13(15-14)16-21(2,17)18)11-3-4-12-10(9-11)5-7-19-12/h3-4,9H,5-8H2,1-2H3,(H,15,16). The second-order valence-corrected chi connectivity index (χ2v) is 8.34. The number of rotatable bonds is 2. The molecule has 0 aliphatic carbocycles. The van der Waals surface area contributed by atoms with Crippen molar-refractivity contribution in [2.24, 2.45) is 4.40 Å². The molecule has 0 bridgehead atoms. The summed E-state index contributed by atoms with van der Waals surface area (Å²) in [5.41, 5.74) is 2.07. The number of amidine groups is 1. The molecule has 0 spiro atoms. The van der Waals surface area contributed by atoms with Crippen LogP contribution in [0.1, 0.15) is 24.5 Å². The molecule has 7 heteroatoms. The molecular weight excluding hydrogens is 308 g/mol. The number of nitrogens with one attached hydrogen (secondary N) is 1. The van der Waals surface area contributed by atoms with Gasteiger partial charge in [0.25, 0.3) is 10.0 Å². The SMILES string of the molecule is CC1(c2ccc3c(c2)CCO3)CCS/C(=N/S(C)(=O)=O)N1. The Morgan fingerprint density at radius 3 is 3.00 bits per heavy atom. The molecule has 1 unspecified atom stereocenters. The summed E-state index contributed by atoms with van der Waals surface area (Å²) in [7, 11) is -3.38. The number of hydrogen-bond donors (Lipinski definition) is 1. The number of thioether (sulfide) groups is 1. The Kier molecular flexibility index (Phi) is 3.65. The summed E-state index contributed by atoms with van der Waals surface area (Å²) in [5.74, 6) is 1.79. The molecule has 21 heavy (non-hydrogen) atoms. The summed E-state index contributed by atoms with van der Waals surface area (Å²) in [4.78, 5) is 0. The third kappa shape index (κ3) is 3.18. The quantitative estimate of drug-likeness (QED) is 0.899. The summed E-state index contributed by atoms with van der Waals surface area (Å²) in [6, 6.07) is 6.20. The molecule has 1 fully saturated rings. The predicted molar refractivity (Wildman–Crippen MR) is 85.5 cm³/mol. The summed E-state index contributed by atoms with van der Waals surface area (Å²) < 4.78 is 32.0. The highest BCUT2D eigenvalue weighted by Crippen LogP contribution is 2.35. The Bertz CT molecular complexity index is 700. The molecule has 1 N–H and O–H groups in total. The molecule has 114 valence electrons. The van der Waals surface area contributed by atoms with Crippen molar-refractivity contribution in [1.82, 2.24) is 5.32 Å². The molecule has 5 nitrogen and oxygen atoms in total. The van der Waals surface area contributed by atoms with E-state index in [2.05, 4.69) is 22.7 Å². The van der Waals surface area contributed by atoms with Crippen molar-refractivity contribution in [3.05, 3.63) is 29.3 Å². The Labute approximate surface area is 129 Å². The predicted octanol–water partition coefficient (Wildman–Crippen LogP) is 1.88. The van der Waals surface area contributed by atoms with Crippen LogP contribution in [0.4, 0.5) is 0 Å². The number of benzene rings is 1. The van der Waals surface area contributed by atoms with E-state index in [1.807, 2.05) is 12.1 Å². The number of hydrogen-bond acceptors (Lipinski definition) is 4. The van der Waals surface area contributed by atoms with E-state index in [4.69, 9.17) is 4.74 Å². The van der Waals surface area contributed by atoms with E-state index in [1.54, 1.807) is 0 Å². The lowest BCUT2D eigenvalue weighted by Crippen LogP contribution is -2.46. The van der Waals surface area contributed by atoms with Crippen LogP contribution in [0.15, 0.2) is 22.6 Å². The maximum atomic E-state index is 11.3. The molecule has 1 aromatic rings. The minimum absolute atomic E-state index is 0.299. The monoisotopic (exact) mass is 326 g/mol. The van der Waals surface area contributed by atoms with Crippen molar-refractivity contribution in [3.63, 3.8) is 0 Å². The zero-order chi connectivity index (χ0) is 15.1. The normalized spacial score (nSPS) is 27.0. The first-order valence-corrected chi connectivity index (χ1v) is 9.66. The molecule has 2 aliphatic rings. The third-order valence-electron chi connectivity index (χ3n) is 3.80. The fraction of sp³-hybridized carbons (Fsp3) is 0.500. The van der Waals surface area contributed by atoms with Crippen molar-refractivity contribution in [2.75, 3.05) is 18.6 Å². The Hall–Kier alpha value is -1.21. The van der Waals surface area contributed by atoms with Gasteiger partial charge in [0.1, 0.15) is 5.75 Å². The van der Waals surface area contributed by atoms with E-state index in [-0.39, 0.29) is 5.54 Å². The second-order valence-electron chi connectivity index (χ2n) is 5.61. The number of nitrogens with zero attached hydrogens (tertiary/aromatic N) is 1. The Morgan fingerprint density at radius 2 is 2.24 bits per heavy atom. The van der Waals surface area contributed by atoms with Crippen molar-refractivity contribution in [3.8, 4) is 5.75 Å². The molecule has 3 rings (SSSR count). The van der Waals surface area contributed by atoms with Gasteiger partial charge in [-0.2, -0.15) is 0 Å². The highest BCUT2D eigenvalue weighted by molar-refractivity contribution is 8.14. The maximum Gasteiger partial charge on any atom is 0.252 e. The zero-order valence-electron chi connectivity index (χ0n) is 12.0. The van der Waals surface area contributed by atoms with Gasteiger partial charge in [0, 0.05) is 12.2 Å². The van der Waals surface area contributed by atoms with E-state index in [0.29, 0.717) is 5.17 Å². The van der Waals surface area contributed by atoms with Gasteiger partial charge in [-0.25, -0.2) is 8.42 Å². The summed E-state index contributed by atoms with van der Waals surface area (Å²) >= 11 is 1.45. The van der Waals surface area contributed by atoms with Gasteiger partial charge in [-0.15, -0.1) is 4.40 Å². The van der Waals surface area contributed by atoms with E-state index >= 15 is 0 Å². The Balaban J connectivity index is 1.91. The van der Waals surface area contributed by atoms with E-state index in [1.165, 1.54) is 17.3 Å². The van der Waals surface area contributed by atoms with E-state index < -0.39 is 10.0 Å². The van der Waals surface area contributed by atoms with Crippen molar-refractivity contribution < 1.29 is 13.2 Å².